The van der Waals surface area contributed by atoms with Crippen LogP contribution < -0.4 is 15.0 Å². The fourth-order valence-corrected chi connectivity index (χ4v) is 4.36. The van der Waals surface area contributed by atoms with E-state index in [-0.39, 0.29) is 12.5 Å². The summed E-state index contributed by atoms with van der Waals surface area (Å²) in [4.78, 5) is 40.6. The van der Waals surface area contributed by atoms with Gasteiger partial charge in [-0.2, -0.15) is 0 Å². The van der Waals surface area contributed by atoms with Crippen molar-refractivity contribution < 1.29 is 23.9 Å². The van der Waals surface area contributed by atoms with Crippen LogP contribution in [0, 0.1) is 0 Å². The third-order valence-electron chi connectivity index (χ3n) is 5.49. The Morgan fingerprint density at radius 3 is 2.43 bits per heavy atom. The summed E-state index contributed by atoms with van der Waals surface area (Å²) in [5, 5.41) is 3.59. The van der Waals surface area contributed by atoms with Gasteiger partial charge in [0.15, 0.2) is 0 Å². The maximum absolute atomic E-state index is 12.8. The molecule has 1 N–H and O–H groups in total. The minimum absolute atomic E-state index is 0.0255. The van der Waals surface area contributed by atoms with E-state index >= 15 is 0 Å². The third-order valence-corrected chi connectivity index (χ3v) is 5.99. The summed E-state index contributed by atoms with van der Waals surface area (Å²) in [6.07, 6.45) is 2.88. The number of hydrogen-bond acceptors (Lipinski definition) is 6. The topological polar surface area (TPSA) is 88.2 Å². The molecule has 0 aromatic heterocycles. The van der Waals surface area contributed by atoms with Crippen molar-refractivity contribution in [3.8, 4) is 5.75 Å². The number of nitrogens with zero attached hydrogens (tertiary/aromatic N) is 2. The van der Waals surface area contributed by atoms with Crippen LogP contribution in [0.3, 0.4) is 0 Å². The number of rotatable bonds is 7. The first-order chi connectivity index (χ1) is 16.7. The largest absolute Gasteiger partial charge is 0.495 e. The molecule has 0 atom stereocenters. The molecule has 35 heavy (non-hydrogen) atoms. The van der Waals surface area contributed by atoms with Gasteiger partial charge in [-0.25, -0.2) is 4.79 Å². The summed E-state index contributed by atoms with van der Waals surface area (Å²) in [5.41, 5.74) is 2.06. The number of carbonyl (C=O) groups excluding carboxylic acids is 3. The molecule has 1 saturated heterocycles. The molecule has 2 aromatic rings. The Bertz CT molecular complexity index is 1140. The molecule has 0 saturated carbocycles. The number of amides is 2. The van der Waals surface area contributed by atoms with Crippen molar-refractivity contribution in [3.63, 3.8) is 0 Å². The molecule has 186 valence electrons. The number of piperazine rings is 1. The van der Waals surface area contributed by atoms with Crippen LogP contribution in [-0.2, 0) is 14.3 Å². The molecular formula is C25H27Cl2N3O5. The van der Waals surface area contributed by atoms with Crippen molar-refractivity contribution >= 4 is 58.4 Å². The van der Waals surface area contributed by atoms with Gasteiger partial charge in [0.25, 0.3) is 0 Å². The van der Waals surface area contributed by atoms with Gasteiger partial charge < -0.3 is 24.6 Å². The molecule has 0 aliphatic carbocycles. The number of esters is 1. The first-order valence-electron chi connectivity index (χ1n) is 11.1. The Balaban J connectivity index is 1.86. The van der Waals surface area contributed by atoms with Crippen LogP contribution in [0.2, 0.25) is 10.0 Å². The summed E-state index contributed by atoms with van der Waals surface area (Å²) in [6.45, 7) is 5.83. The predicted molar refractivity (Wildman–Crippen MR) is 138 cm³/mol. The average molecular weight is 520 g/mol. The van der Waals surface area contributed by atoms with Crippen molar-refractivity contribution in [1.82, 2.24) is 4.90 Å². The molecular weight excluding hydrogens is 493 g/mol. The van der Waals surface area contributed by atoms with Gasteiger partial charge in [0.1, 0.15) is 5.75 Å². The Labute approximate surface area is 214 Å². The normalized spacial score (nSPS) is 13.6. The summed E-state index contributed by atoms with van der Waals surface area (Å²) < 4.78 is 10.4. The molecule has 2 aromatic carbocycles. The lowest BCUT2D eigenvalue weighted by Gasteiger charge is -2.36. The van der Waals surface area contributed by atoms with Crippen molar-refractivity contribution in [1.29, 1.82) is 0 Å². The van der Waals surface area contributed by atoms with E-state index in [1.54, 1.807) is 55.2 Å². The van der Waals surface area contributed by atoms with E-state index in [0.717, 1.165) is 5.69 Å². The number of carbonyl (C=O) groups is 3. The van der Waals surface area contributed by atoms with E-state index < -0.39 is 11.9 Å². The zero-order chi connectivity index (χ0) is 25.5. The Morgan fingerprint density at radius 2 is 1.80 bits per heavy atom. The number of ether oxygens (including phenoxy) is 2. The van der Waals surface area contributed by atoms with Gasteiger partial charge in [-0.05, 0) is 43.3 Å². The lowest BCUT2D eigenvalue weighted by molar-refractivity contribution is -0.129. The molecule has 1 aliphatic rings. The van der Waals surface area contributed by atoms with Crippen LogP contribution >= 0.6 is 23.2 Å². The molecule has 10 heteroatoms. The second-order valence-corrected chi connectivity index (χ2v) is 8.62. The monoisotopic (exact) mass is 519 g/mol. The van der Waals surface area contributed by atoms with Crippen LogP contribution in [0.15, 0.2) is 36.4 Å². The van der Waals surface area contributed by atoms with Crippen LogP contribution in [0.5, 0.6) is 5.75 Å². The van der Waals surface area contributed by atoms with Gasteiger partial charge in [0.2, 0.25) is 11.8 Å². The molecule has 0 spiro atoms. The Hall–Kier alpha value is -3.23. The summed E-state index contributed by atoms with van der Waals surface area (Å²) in [5.74, 6) is -0.483. The highest BCUT2D eigenvalue weighted by atomic mass is 35.5. The highest BCUT2D eigenvalue weighted by molar-refractivity contribution is 6.36. The van der Waals surface area contributed by atoms with Gasteiger partial charge in [-0.3, -0.25) is 9.59 Å². The lowest BCUT2D eigenvalue weighted by atomic mass is 10.1. The number of hydrogen-bond donors (Lipinski definition) is 1. The SMILES string of the molecule is CCOC(=O)c1ccc(N2CCN(C(C)=O)CC2)c(NC(=O)/C=C/c2cc(Cl)cc(Cl)c2OC)c1. The van der Waals surface area contributed by atoms with Crippen molar-refractivity contribution in [3.05, 3.63) is 57.6 Å². The molecule has 1 heterocycles. The lowest BCUT2D eigenvalue weighted by Crippen LogP contribution is -2.48. The first-order valence-corrected chi connectivity index (χ1v) is 11.8. The quantitative estimate of drug-likeness (QED) is 0.428. The van der Waals surface area contributed by atoms with Crippen molar-refractivity contribution in [2.75, 3.05) is 50.1 Å². The van der Waals surface area contributed by atoms with Crippen LogP contribution in [0.4, 0.5) is 11.4 Å². The molecule has 1 fully saturated rings. The smallest absolute Gasteiger partial charge is 0.338 e. The number of anilines is 2. The van der Waals surface area contributed by atoms with Gasteiger partial charge in [0.05, 0.1) is 35.7 Å². The summed E-state index contributed by atoms with van der Waals surface area (Å²) in [7, 11) is 1.48. The van der Waals surface area contributed by atoms with Crippen molar-refractivity contribution in [2.45, 2.75) is 13.8 Å². The van der Waals surface area contributed by atoms with E-state index in [0.29, 0.717) is 58.8 Å². The molecule has 3 rings (SSSR count). The zero-order valence-electron chi connectivity index (χ0n) is 19.8. The summed E-state index contributed by atoms with van der Waals surface area (Å²) in [6, 6.07) is 8.22. The number of methoxy groups -OCH3 is 1. The second kappa shape index (κ2) is 12.0. The Morgan fingerprint density at radius 1 is 1.09 bits per heavy atom. The van der Waals surface area contributed by atoms with Crippen LogP contribution in [-0.4, -0.2) is 62.6 Å². The van der Waals surface area contributed by atoms with E-state index in [2.05, 4.69) is 10.2 Å². The maximum atomic E-state index is 12.8. The molecule has 0 bridgehead atoms. The molecule has 2 amide bonds. The van der Waals surface area contributed by atoms with Gasteiger partial charge in [-0.15, -0.1) is 0 Å². The highest BCUT2D eigenvalue weighted by Crippen LogP contribution is 2.33. The van der Waals surface area contributed by atoms with Gasteiger partial charge in [-0.1, -0.05) is 23.2 Å². The maximum Gasteiger partial charge on any atom is 0.338 e. The van der Waals surface area contributed by atoms with E-state index in [4.69, 9.17) is 32.7 Å². The first kappa shape index (κ1) is 26.4. The molecule has 0 radical (unpaired) electrons. The molecule has 0 unspecified atom stereocenters. The van der Waals surface area contributed by atoms with Crippen molar-refractivity contribution in [2.24, 2.45) is 0 Å². The van der Waals surface area contributed by atoms with Crippen LogP contribution in [0.25, 0.3) is 6.08 Å². The zero-order valence-corrected chi connectivity index (χ0v) is 21.3. The van der Waals surface area contributed by atoms with Gasteiger partial charge >= 0.3 is 5.97 Å². The predicted octanol–water partition coefficient (Wildman–Crippen LogP) is 4.50. The minimum Gasteiger partial charge on any atom is -0.495 e. The Kier molecular flexibility index (Phi) is 9.01. The minimum atomic E-state index is -0.482. The van der Waals surface area contributed by atoms with E-state index in [1.165, 1.54) is 13.2 Å². The van der Waals surface area contributed by atoms with Crippen LogP contribution in [0.1, 0.15) is 29.8 Å². The fourth-order valence-electron chi connectivity index (χ4n) is 3.77. The second-order valence-electron chi connectivity index (χ2n) is 7.78. The fraction of sp³-hybridized carbons (Fsp3) is 0.320. The standard InChI is InChI=1S/C25H27Cl2N3O5/c1-4-35-25(33)18-5-7-22(30-11-9-29(10-12-30)16(2)31)21(14-18)28-23(32)8-6-17-13-19(26)15-20(27)24(17)34-3/h5-8,13-15H,4,9-12H2,1-3H3,(H,28,32)/b8-6+. The highest BCUT2D eigenvalue weighted by Gasteiger charge is 2.22. The molecule has 8 nitrogen and oxygen atoms in total. The number of nitrogens with one attached hydrogen (secondary N) is 1. The number of benzene rings is 2. The molecule has 1 aliphatic heterocycles. The third kappa shape index (κ3) is 6.68. The average Bonchev–Trinajstić information content (AvgIpc) is 2.82. The van der Waals surface area contributed by atoms with E-state index in [9.17, 15) is 14.4 Å². The summed E-state index contributed by atoms with van der Waals surface area (Å²) >= 11 is 12.3. The van der Waals surface area contributed by atoms with E-state index in [1.807, 2.05) is 0 Å². The van der Waals surface area contributed by atoms with Gasteiger partial charge in [0, 0.05) is 49.8 Å². The number of halogens is 2.